The first-order valence-electron chi connectivity index (χ1n) is 14.2. The maximum Gasteiger partial charge on any atom is 0.269 e. The van der Waals surface area contributed by atoms with Crippen molar-refractivity contribution < 1.29 is 24.0 Å². The number of benzene rings is 4. The highest BCUT2D eigenvalue weighted by atomic mass is 16.6. The molecular formula is C35H27N3O6. The fourth-order valence-electron chi connectivity index (χ4n) is 7.24. The standard InChI is InChI=1S/C35H27N3O6/c1-20-19-29-35(26-8-4-5-9-27(26)36-34(35)41)30(32(39)21-13-17-24(44-2)18-14-21)31(37(29)28-10-6-3-7-25(20)28)33(40)22-11-15-23(16-12-22)38(42)43/h3-19,29-31H,1-2H3,(H,36,41)/t29-,30+,31-,35+/m1/s1. The molecule has 4 aromatic carbocycles. The summed E-state index contributed by atoms with van der Waals surface area (Å²) < 4.78 is 5.31. The SMILES string of the molecule is COc1ccc(C(=O)[C@@H]2[C@H](C(=O)c3ccc([N+](=O)[O-])cc3)N3c4ccccc4C(C)=C[C@@H]3[C@]23C(=O)Nc2ccccc23)cc1. The van der Waals surface area contributed by atoms with E-state index < -0.39 is 34.1 Å². The number of Topliss-reactive ketones (excluding diaryl/α,β-unsaturated/α-hetero) is 2. The van der Waals surface area contributed by atoms with Crippen LogP contribution in [0.4, 0.5) is 17.1 Å². The minimum atomic E-state index is -1.45. The summed E-state index contributed by atoms with van der Waals surface area (Å²) in [5.74, 6) is -1.72. The first-order chi connectivity index (χ1) is 21.3. The summed E-state index contributed by atoms with van der Waals surface area (Å²) in [6.45, 7) is 1.97. The number of nitrogens with one attached hydrogen (secondary N) is 1. The lowest BCUT2D eigenvalue weighted by atomic mass is 9.64. The van der Waals surface area contributed by atoms with Crippen molar-refractivity contribution >= 4 is 40.1 Å². The third kappa shape index (κ3) is 3.75. The van der Waals surface area contributed by atoms with E-state index in [0.717, 1.165) is 16.8 Å². The molecule has 0 aromatic heterocycles. The molecule has 1 N–H and O–H groups in total. The van der Waals surface area contributed by atoms with Gasteiger partial charge >= 0.3 is 0 Å². The molecule has 0 unspecified atom stereocenters. The van der Waals surface area contributed by atoms with Crippen LogP contribution in [0.5, 0.6) is 5.75 Å². The molecule has 218 valence electrons. The van der Waals surface area contributed by atoms with Crippen molar-refractivity contribution in [3.05, 3.63) is 136 Å². The summed E-state index contributed by atoms with van der Waals surface area (Å²) in [6.07, 6.45) is 1.99. The molecule has 1 fully saturated rings. The van der Waals surface area contributed by atoms with Crippen LogP contribution in [0.25, 0.3) is 5.57 Å². The third-order valence-electron chi connectivity index (χ3n) is 9.17. The molecule has 3 aliphatic rings. The number of allylic oxidation sites excluding steroid dienone is 1. The number of methoxy groups -OCH3 is 1. The van der Waals surface area contributed by atoms with Gasteiger partial charge in [0, 0.05) is 40.2 Å². The molecule has 1 spiro atoms. The monoisotopic (exact) mass is 585 g/mol. The van der Waals surface area contributed by atoms with Crippen molar-refractivity contribution in [1.29, 1.82) is 0 Å². The Labute approximate surface area is 252 Å². The number of carbonyl (C=O) groups is 3. The Balaban J connectivity index is 1.52. The van der Waals surface area contributed by atoms with Crippen LogP contribution in [-0.4, -0.2) is 41.6 Å². The van der Waals surface area contributed by atoms with E-state index in [1.54, 1.807) is 30.3 Å². The van der Waals surface area contributed by atoms with Gasteiger partial charge in [0.2, 0.25) is 5.91 Å². The molecule has 0 bridgehead atoms. The zero-order valence-electron chi connectivity index (χ0n) is 23.9. The van der Waals surface area contributed by atoms with Crippen LogP contribution in [0.2, 0.25) is 0 Å². The number of hydrogen-bond donors (Lipinski definition) is 1. The molecule has 1 saturated heterocycles. The number of ketones is 2. The summed E-state index contributed by atoms with van der Waals surface area (Å²) in [5, 5.41) is 14.4. The number of anilines is 2. The van der Waals surface area contributed by atoms with Gasteiger partial charge in [0.25, 0.3) is 5.69 Å². The summed E-state index contributed by atoms with van der Waals surface area (Å²) in [4.78, 5) is 56.9. The van der Waals surface area contributed by atoms with Gasteiger partial charge in [-0.3, -0.25) is 24.5 Å². The van der Waals surface area contributed by atoms with Crippen molar-refractivity contribution in [2.45, 2.75) is 24.4 Å². The van der Waals surface area contributed by atoms with Crippen molar-refractivity contribution in [2.75, 3.05) is 17.3 Å². The molecule has 44 heavy (non-hydrogen) atoms. The number of nitro benzene ring substituents is 1. The number of fused-ring (bicyclic) bond motifs is 6. The fraction of sp³-hybridized carbons (Fsp3) is 0.171. The summed E-state index contributed by atoms with van der Waals surface area (Å²) >= 11 is 0. The molecule has 0 saturated carbocycles. The third-order valence-corrected chi connectivity index (χ3v) is 9.17. The zero-order chi connectivity index (χ0) is 30.7. The summed E-state index contributed by atoms with van der Waals surface area (Å²) in [6, 6.07) is 25.2. The maximum absolute atomic E-state index is 14.9. The molecule has 9 nitrogen and oxygen atoms in total. The molecule has 4 atom stereocenters. The first kappa shape index (κ1) is 27.3. The number of amides is 1. The van der Waals surface area contributed by atoms with Crippen LogP contribution >= 0.6 is 0 Å². The zero-order valence-corrected chi connectivity index (χ0v) is 23.9. The van der Waals surface area contributed by atoms with E-state index in [-0.39, 0.29) is 22.9 Å². The highest BCUT2D eigenvalue weighted by Crippen LogP contribution is 2.58. The summed E-state index contributed by atoms with van der Waals surface area (Å²) in [7, 11) is 1.53. The van der Waals surface area contributed by atoms with Crippen LogP contribution in [0.3, 0.4) is 0 Å². The molecule has 3 aliphatic heterocycles. The number of nitrogens with zero attached hydrogens (tertiary/aromatic N) is 2. The lowest BCUT2D eigenvalue weighted by Gasteiger charge is -2.39. The van der Waals surface area contributed by atoms with E-state index >= 15 is 0 Å². The Kier molecular flexibility index (Phi) is 6.21. The van der Waals surface area contributed by atoms with Gasteiger partial charge < -0.3 is 15.0 Å². The van der Waals surface area contributed by atoms with E-state index in [1.807, 2.05) is 60.4 Å². The minimum Gasteiger partial charge on any atom is -0.497 e. The number of hydrogen-bond acceptors (Lipinski definition) is 7. The molecule has 9 heteroatoms. The van der Waals surface area contributed by atoms with Crippen LogP contribution < -0.4 is 15.0 Å². The second-order valence-electron chi connectivity index (χ2n) is 11.3. The van der Waals surface area contributed by atoms with E-state index in [1.165, 1.54) is 31.4 Å². The average molecular weight is 586 g/mol. The van der Waals surface area contributed by atoms with Crippen molar-refractivity contribution in [3.8, 4) is 5.75 Å². The normalized spacial score (nSPS) is 22.9. The Morgan fingerprint density at radius 3 is 2.23 bits per heavy atom. The lowest BCUT2D eigenvalue weighted by Crippen LogP contribution is -2.51. The predicted octanol–water partition coefficient (Wildman–Crippen LogP) is 5.85. The van der Waals surface area contributed by atoms with Crippen LogP contribution in [0.1, 0.15) is 38.8 Å². The Morgan fingerprint density at radius 1 is 0.886 bits per heavy atom. The van der Waals surface area contributed by atoms with Gasteiger partial charge in [0.05, 0.1) is 24.0 Å². The topological polar surface area (TPSA) is 119 Å². The van der Waals surface area contributed by atoms with Gasteiger partial charge in [-0.05, 0) is 66.6 Å². The van der Waals surface area contributed by atoms with Crippen molar-refractivity contribution in [2.24, 2.45) is 5.92 Å². The molecule has 0 radical (unpaired) electrons. The molecule has 4 aromatic rings. The Morgan fingerprint density at radius 2 is 1.52 bits per heavy atom. The van der Waals surface area contributed by atoms with Gasteiger partial charge in [-0.25, -0.2) is 0 Å². The molecule has 0 aliphatic carbocycles. The average Bonchev–Trinajstić information content (AvgIpc) is 3.52. The predicted molar refractivity (Wildman–Crippen MR) is 165 cm³/mol. The number of carbonyl (C=O) groups excluding carboxylic acids is 3. The number of ether oxygens (including phenoxy) is 1. The number of nitro groups is 1. The van der Waals surface area contributed by atoms with Gasteiger partial charge in [-0.2, -0.15) is 0 Å². The van der Waals surface area contributed by atoms with Crippen LogP contribution in [0, 0.1) is 16.0 Å². The second-order valence-corrected chi connectivity index (χ2v) is 11.3. The summed E-state index contributed by atoms with van der Waals surface area (Å²) in [5.41, 5.74) is 2.74. The van der Waals surface area contributed by atoms with Gasteiger partial charge in [0.1, 0.15) is 17.2 Å². The molecule has 7 rings (SSSR count). The van der Waals surface area contributed by atoms with Gasteiger partial charge in [0.15, 0.2) is 11.6 Å². The molecule has 3 heterocycles. The molecular weight excluding hydrogens is 558 g/mol. The van der Waals surface area contributed by atoms with E-state index in [2.05, 4.69) is 5.32 Å². The Bertz CT molecular complexity index is 1900. The van der Waals surface area contributed by atoms with Crippen LogP contribution in [0.15, 0.2) is 103 Å². The van der Waals surface area contributed by atoms with Crippen molar-refractivity contribution in [1.82, 2.24) is 0 Å². The van der Waals surface area contributed by atoms with Crippen LogP contribution in [-0.2, 0) is 10.2 Å². The fourth-order valence-corrected chi connectivity index (χ4v) is 7.24. The second kappa shape index (κ2) is 10.0. The minimum absolute atomic E-state index is 0.154. The number of para-hydroxylation sites is 2. The smallest absolute Gasteiger partial charge is 0.269 e. The van der Waals surface area contributed by atoms with Gasteiger partial charge in [-0.15, -0.1) is 0 Å². The van der Waals surface area contributed by atoms with Gasteiger partial charge in [-0.1, -0.05) is 42.5 Å². The first-order valence-corrected chi connectivity index (χ1v) is 14.2. The maximum atomic E-state index is 14.9. The van der Waals surface area contributed by atoms with E-state index in [0.29, 0.717) is 22.6 Å². The molecule has 1 amide bonds. The lowest BCUT2D eigenvalue weighted by molar-refractivity contribution is -0.384. The highest BCUT2D eigenvalue weighted by molar-refractivity contribution is 6.18. The number of non-ortho nitro benzene ring substituents is 1. The number of rotatable bonds is 6. The van der Waals surface area contributed by atoms with E-state index in [4.69, 9.17) is 4.74 Å². The van der Waals surface area contributed by atoms with E-state index in [9.17, 15) is 24.5 Å². The largest absolute Gasteiger partial charge is 0.497 e. The van der Waals surface area contributed by atoms with Crippen molar-refractivity contribution in [3.63, 3.8) is 0 Å². The quantitative estimate of drug-likeness (QED) is 0.171. The Hall–Kier alpha value is -5.57. The highest BCUT2D eigenvalue weighted by Gasteiger charge is 2.70.